The summed E-state index contributed by atoms with van der Waals surface area (Å²) in [5.74, 6) is -1.18. The Morgan fingerprint density at radius 3 is 2.33 bits per heavy atom. The molecule has 0 saturated carbocycles. The van der Waals surface area contributed by atoms with Gasteiger partial charge in [-0.1, -0.05) is 18.2 Å². The quantitative estimate of drug-likeness (QED) is 0.572. The van der Waals surface area contributed by atoms with Crippen LogP contribution >= 0.6 is 0 Å². The summed E-state index contributed by atoms with van der Waals surface area (Å²) < 4.78 is 0. The number of nitrogens with zero attached hydrogens (tertiary/aromatic N) is 1. The van der Waals surface area contributed by atoms with Gasteiger partial charge in [-0.15, -0.1) is 0 Å². The number of hydrogen-bond donors (Lipinski definition) is 2. The van der Waals surface area contributed by atoms with Gasteiger partial charge in [0.1, 0.15) is 0 Å². The molecule has 0 saturated heterocycles. The fraction of sp³-hybridized carbons (Fsp3) is 0.158. The number of aromatic nitrogens is 1. The van der Waals surface area contributed by atoms with E-state index in [9.17, 15) is 9.59 Å². The van der Waals surface area contributed by atoms with Crippen LogP contribution in [0.5, 0.6) is 0 Å². The van der Waals surface area contributed by atoms with Crippen LogP contribution in [0.1, 0.15) is 16.1 Å². The first-order valence-electron chi connectivity index (χ1n) is 7.67. The smallest absolute Gasteiger partial charge is 0.296 e. The molecule has 122 valence electrons. The van der Waals surface area contributed by atoms with Gasteiger partial charge in [0.2, 0.25) is 0 Å². The molecule has 1 heterocycles. The number of benzene rings is 2. The van der Waals surface area contributed by atoms with E-state index < -0.39 is 11.7 Å². The lowest BCUT2D eigenvalue weighted by Gasteiger charge is -2.12. The maximum atomic E-state index is 12.6. The highest BCUT2D eigenvalue weighted by Gasteiger charge is 2.22. The summed E-state index contributed by atoms with van der Waals surface area (Å²) in [6.07, 6.45) is 0. The standard InChI is InChI=1S/C19H19N3O2/c1-12-17(15-6-4-5-7-16(15)20-12)18(23)19(24)21-13-8-10-14(11-9-13)22(2)3/h4-11,20H,1-3H3,(H,21,24). The number of H-pyrrole nitrogens is 1. The highest BCUT2D eigenvalue weighted by atomic mass is 16.2. The minimum atomic E-state index is -0.638. The van der Waals surface area contributed by atoms with E-state index >= 15 is 0 Å². The molecule has 2 aromatic carbocycles. The predicted octanol–water partition coefficient (Wildman–Crippen LogP) is 3.36. The van der Waals surface area contributed by atoms with Gasteiger partial charge >= 0.3 is 0 Å². The fourth-order valence-electron chi connectivity index (χ4n) is 2.71. The Kier molecular flexibility index (Phi) is 4.08. The number of para-hydroxylation sites is 1. The van der Waals surface area contributed by atoms with E-state index in [1.54, 1.807) is 19.1 Å². The SMILES string of the molecule is Cc1[nH]c2ccccc2c1C(=O)C(=O)Nc1ccc(N(C)C)cc1. The number of aryl methyl sites for hydroxylation is 1. The third-order valence-electron chi connectivity index (χ3n) is 3.97. The van der Waals surface area contributed by atoms with Crippen molar-refractivity contribution >= 4 is 34.0 Å². The third kappa shape index (κ3) is 2.88. The molecule has 0 aliphatic carbocycles. The number of hydrogen-bond acceptors (Lipinski definition) is 3. The number of nitrogens with one attached hydrogen (secondary N) is 2. The van der Waals surface area contributed by atoms with Gasteiger partial charge in [0, 0.05) is 42.1 Å². The van der Waals surface area contributed by atoms with Crippen LogP contribution in [0.3, 0.4) is 0 Å². The Morgan fingerprint density at radius 1 is 1.00 bits per heavy atom. The highest BCUT2D eigenvalue weighted by Crippen LogP contribution is 2.23. The van der Waals surface area contributed by atoms with Gasteiger partial charge in [-0.3, -0.25) is 9.59 Å². The lowest BCUT2D eigenvalue weighted by atomic mass is 10.1. The molecule has 0 bridgehead atoms. The Hall–Kier alpha value is -3.08. The minimum Gasteiger partial charge on any atom is -0.378 e. The van der Waals surface area contributed by atoms with Crippen molar-refractivity contribution in [3.8, 4) is 0 Å². The molecule has 0 aliphatic rings. The molecule has 0 radical (unpaired) electrons. The number of fused-ring (bicyclic) bond motifs is 1. The van der Waals surface area contributed by atoms with E-state index in [1.807, 2.05) is 55.4 Å². The first-order chi connectivity index (χ1) is 11.5. The number of carbonyl (C=O) groups is 2. The van der Waals surface area contributed by atoms with Gasteiger partial charge in [0.25, 0.3) is 11.7 Å². The van der Waals surface area contributed by atoms with Gasteiger partial charge in [0.05, 0.1) is 5.56 Å². The zero-order valence-electron chi connectivity index (χ0n) is 13.9. The van der Waals surface area contributed by atoms with Crippen LogP contribution in [0.25, 0.3) is 10.9 Å². The molecule has 0 fully saturated rings. The number of aromatic amines is 1. The van der Waals surface area contributed by atoms with E-state index in [1.165, 1.54) is 0 Å². The fourth-order valence-corrected chi connectivity index (χ4v) is 2.71. The molecule has 5 heteroatoms. The van der Waals surface area contributed by atoms with Gasteiger partial charge in [-0.05, 0) is 37.3 Å². The van der Waals surface area contributed by atoms with Crippen molar-refractivity contribution in [2.75, 3.05) is 24.3 Å². The molecule has 0 aliphatic heterocycles. The lowest BCUT2D eigenvalue weighted by Crippen LogP contribution is -2.23. The second-order valence-electron chi connectivity index (χ2n) is 5.90. The molecule has 24 heavy (non-hydrogen) atoms. The van der Waals surface area contributed by atoms with E-state index in [-0.39, 0.29) is 0 Å². The molecule has 0 unspecified atom stereocenters. The molecule has 0 atom stereocenters. The summed E-state index contributed by atoms with van der Waals surface area (Å²) in [4.78, 5) is 30.0. The van der Waals surface area contributed by atoms with E-state index in [2.05, 4.69) is 10.3 Å². The van der Waals surface area contributed by atoms with Gasteiger partial charge in [-0.25, -0.2) is 0 Å². The molecular formula is C19H19N3O2. The molecular weight excluding hydrogens is 302 g/mol. The second-order valence-corrected chi connectivity index (χ2v) is 5.90. The second kappa shape index (κ2) is 6.20. The molecule has 3 rings (SSSR count). The van der Waals surface area contributed by atoms with Crippen LogP contribution in [0.15, 0.2) is 48.5 Å². The number of rotatable bonds is 4. The third-order valence-corrected chi connectivity index (χ3v) is 3.97. The Balaban J connectivity index is 1.84. The summed E-state index contributed by atoms with van der Waals surface area (Å²) in [7, 11) is 3.88. The van der Waals surface area contributed by atoms with Crippen molar-refractivity contribution < 1.29 is 9.59 Å². The molecule has 1 amide bonds. The Labute approximate surface area is 140 Å². The lowest BCUT2D eigenvalue weighted by molar-refractivity contribution is -0.112. The largest absolute Gasteiger partial charge is 0.378 e. The number of amides is 1. The number of anilines is 2. The van der Waals surface area contributed by atoms with E-state index in [0.29, 0.717) is 16.9 Å². The van der Waals surface area contributed by atoms with Gasteiger partial charge < -0.3 is 15.2 Å². The maximum absolute atomic E-state index is 12.6. The average Bonchev–Trinajstić information content (AvgIpc) is 2.90. The zero-order chi connectivity index (χ0) is 17.3. The number of Topliss-reactive ketones (excluding diaryl/α,β-unsaturated/α-hetero) is 1. The number of ketones is 1. The summed E-state index contributed by atoms with van der Waals surface area (Å²) in [6, 6.07) is 14.8. The highest BCUT2D eigenvalue weighted by molar-refractivity contribution is 6.48. The first kappa shape index (κ1) is 15.8. The van der Waals surface area contributed by atoms with Crippen LogP contribution in [0.2, 0.25) is 0 Å². The van der Waals surface area contributed by atoms with Crippen molar-refractivity contribution in [3.63, 3.8) is 0 Å². The zero-order valence-corrected chi connectivity index (χ0v) is 13.9. The minimum absolute atomic E-state index is 0.424. The van der Waals surface area contributed by atoms with Gasteiger partial charge in [-0.2, -0.15) is 0 Å². The molecule has 0 spiro atoms. The summed E-state index contributed by atoms with van der Waals surface area (Å²) in [5, 5.41) is 3.43. The summed E-state index contributed by atoms with van der Waals surface area (Å²) >= 11 is 0. The van der Waals surface area contributed by atoms with Crippen molar-refractivity contribution in [1.29, 1.82) is 0 Å². The van der Waals surface area contributed by atoms with Crippen molar-refractivity contribution in [2.24, 2.45) is 0 Å². The average molecular weight is 321 g/mol. The topological polar surface area (TPSA) is 65.2 Å². The number of carbonyl (C=O) groups excluding carboxylic acids is 2. The summed E-state index contributed by atoms with van der Waals surface area (Å²) in [5.41, 5.74) is 3.58. The van der Waals surface area contributed by atoms with Crippen LogP contribution in [-0.4, -0.2) is 30.8 Å². The van der Waals surface area contributed by atoms with Gasteiger partial charge in [0.15, 0.2) is 0 Å². The Bertz CT molecular complexity index is 908. The monoisotopic (exact) mass is 321 g/mol. The van der Waals surface area contributed by atoms with Crippen LogP contribution < -0.4 is 10.2 Å². The molecule has 2 N–H and O–H groups in total. The molecule has 1 aromatic heterocycles. The predicted molar refractivity (Wildman–Crippen MR) is 96.8 cm³/mol. The normalized spacial score (nSPS) is 10.6. The Morgan fingerprint density at radius 2 is 1.67 bits per heavy atom. The summed E-state index contributed by atoms with van der Waals surface area (Å²) in [6.45, 7) is 1.80. The van der Waals surface area contributed by atoms with Crippen molar-refractivity contribution in [2.45, 2.75) is 6.92 Å². The van der Waals surface area contributed by atoms with Crippen LogP contribution in [0.4, 0.5) is 11.4 Å². The van der Waals surface area contributed by atoms with E-state index in [4.69, 9.17) is 0 Å². The van der Waals surface area contributed by atoms with Crippen molar-refractivity contribution in [1.82, 2.24) is 4.98 Å². The van der Waals surface area contributed by atoms with Crippen molar-refractivity contribution in [3.05, 3.63) is 59.8 Å². The molecule has 5 nitrogen and oxygen atoms in total. The molecule has 3 aromatic rings. The first-order valence-corrected chi connectivity index (χ1v) is 7.67. The van der Waals surface area contributed by atoms with Crippen LogP contribution in [-0.2, 0) is 4.79 Å². The van der Waals surface area contributed by atoms with Crippen LogP contribution in [0, 0.1) is 6.92 Å². The van der Waals surface area contributed by atoms with E-state index in [0.717, 1.165) is 16.6 Å². The maximum Gasteiger partial charge on any atom is 0.296 e.